The summed E-state index contributed by atoms with van der Waals surface area (Å²) in [5.74, 6) is -1.52. The number of aliphatic hydroxyl groups excluding tert-OH is 1. The lowest BCUT2D eigenvalue weighted by atomic mass is 9.82. The van der Waals surface area contributed by atoms with Crippen molar-refractivity contribution in [1.29, 1.82) is 0 Å². The summed E-state index contributed by atoms with van der Waals surface area (Å²) in [5, 5.41) is 11.8. The van der Waals surface area contributed by atoms with E-state index in [-0.39, 0.29) is 11.8 Å². The molecule has 1 aliphatic rings. The van der Waals surface area contributed by atoms with E-state index in [1.165, 1.54) is 0 Å². The lowest BCUT2D eigenvalue weighted by Crippen LogP contribution is -2.26. The Labute approximate surface area is 76.7 Å². The molecule has 0 unspecified atom stereocenters. The summed E-state index contributed by atoms with van der Waals surface area (Å²) in [4.78, 5) is 3.22. The van der Waals surface area contributed by atoms with Crippen molar-refractivity contribution in [3.63, 3.8) is 0 Å². The van der Waals surface area contributed by atoms with Crippen molar-refractivity contribution in [2.75, 3.05) is 0 Å². The second-order valence-electron chi connectivity index (χ2n) is 3.28. The third-order valence-electron chi connectivity index (χ3n) is 2.16. The van der Waals surface area contributed by atoms with Crippen molar-refractivity contribution < 1.29 is 22.8 Å². The lowest BCUT2D eigenvalue weighted by molar-refractivity contribution is -0.146. The van der Waals surface area contributed by atoms with E-state index in [2.05, 4.69) is 14.7 Å². The standard InChI is InChI=1S/C7H7F3N2O2/c8-7(9,10)6-11-5(14-12-6)3-1-4(13)2-3/h3-4,13H,1-2H2. The van der Waals surface area contributed by atoms with Crippen LogP contribution in [-0.4, -0.2) is 21.4 Å². The summed E-state index contributed by atoms with van der Waals surface area (Å²) in [7, 11) is 0. The molecular weight excluding hydrogens is 201 g/mol. The summed E-state index contributed by atoms with van der Waals surface area (Å²) in [6.07, 6.45) is -4.25. The van der Waals surface area contributed by atoms with Gasteiger partial charge in [-0.3, -0.25) is 0 Å². The number of halogens is 3. The molecule has 0 radical (unpaired) electrons. The van der Waals surface area contributed by atoms with Crippen LogP contribution in [0.25, 0.3) is 0 Å². The van der Waals surface area contributed by atoms with Crippen LogP contribution in [0.3, 0.4) is 0 Å². The molecule has 2 rings (SSSR count). The maximum absolute atomic E-state index is 12.0. The van der Waals surface area contributed by atoms with Gasteiger partial charge in [-0.1, -0.05) is 5.16 Å². The summed E-state index contributed by atoms with van der Waals surface area (Å²) in [6, 6.07) is 0. The maximum atomic E-state index is 12.0. The molecule has 0 saturated heterocycles. The molecule has 1 saturated carbocycles. The van der Waals surface area contributed by atoms with E-state index >= 15 is 0 Å². The summed E-state index contributed by atoms with van der Waals surface area (Å²) < 4.78 is 40.5. The van der Waals surface area contributed by atoms with Gasteiger partial charge in [0.05, 0.1) is 6.10 Å². The van der Waals surface area contributed by atoms with E-state index in [1.54, 1.807) is 0 Å². The fourth-order valence-corrected chi connectivity index (χ4v) is 1.31. The molecule has 0 aliphatic heterocycles. The summed E-state index contributed by atoms with van der Waals surface area (Å²) in [6.45, 7) is 0. The molecule has 0 atom stereocenters. The SMILES string of the molecule is OC1CC(c2nc(C(F)(F)F)no2)C1. The zero-order valence-corrected chi connectivity index (χ0v) is 6.95. The van der Waals surface area contributed by atoms with E-state index in [0.29, 0.717) is 12.8 Å². The Morgan fingerprint density at radius 1 is 1.36 bits per heavy atom. The minimum Gasteiger partial charge on any atom is -0.393 e. The molecule has 0 bridgehead atoms. The van der Waals surface area contributed by atoms with Crippen molar-refractivity contribution in [2.45, 2.75) is 31.0 Å². The van der Waals surface area contributed by atoms with E-state index in [1.807, 2.05) is 0 Å². The number of rotatable bonds is 1. The first kappa shape index (κ1) is 9.45. The van der Waals surface area contributed by atoms with E-state index < -0.39 is 18.1 Å². The van der Waals surface area contributed by atoms with Crippen molar-refractivity contribution in [3.8, 4) is 0 Å². The highest BCUT2D eigenvalue weighted by atomic mass is 19.4. The molecule has 1 aromatic rings. The first-order valence-corrected chi connectivity index (χ1v) is 4.05. The van der Waals surface area contributed by atoms with Crippen LogP contribution in [0.5, 0.6) is 0 Å². The van der Waals surface area contributed by atoms with Gasteiger partial charge in [-0.25, -0.2) is 0 Å². The maximum Gasteiger partial charge on any atom is 0.455 e. The Bertz CT molecular complexity index is 330. The van der Waals surface area contributed by atoms with Crippen molar-refractivity contribution in [3.05, 3.63) is 11.7 Å². The first-order valence-electron chi connectivity index (χ1n) is 4.05. The molecule has 1 aromatic heterocycles. The van der Waals surface area contributed by atoms with Crippen LogP contribution in [0.1, 0.15) is 30.5 Å². The van der Waals surface area contributed by atoms with Gasteiger partial charge in [-0.15, -0.1) is 0 Å². The Balaban J connectivity index is 2.11. The minimum absolute atomic E-state index is 0.0392. The zero-order valence-electron chi connectivity index (χ0n) is 6.95. The third-order valence-corrected chi connectivity index (χ3v) is 2.16. The van der Waals surface area contributed by atoms with E-state index in [9.17, 15) is 13.2 Å². The predicted octanol–water partition coefficient (Wildman–Crippen LogP) is 1.33. The van der Waals surface area contributed by atoms with Crippen LogP contribution in [0.4, 0.5) is 13.2 Å². The molecule has 0 amide bonds. The highest BCUT2D eigenvalue weighted by molar-refractivity contribution is 5.02. The molecular formula is C7H7F3N2O2. The molecule has 1 heterocycles. The average Bonchev–Trinajstić information content (AvgIpc) is 2.45. The van der Waals surface area contributed by atoms with Gasteiger partial charge in [0, 0.05) is 5.92 Å². The van der Waals surface area contributed by atoms with Gasteiger partial charge in [0.2, 0.25) is 5.89 Å². The van der Waals surface area contributed by atoms with Crippen molar-refractivity contribution in [2.24, 2.45) is 0 Å². The fourth-order valence-electron chi connectivity index (χ4n) is 1.31. The van der Waals surface area contributed by atoms with Gasteiger partial charge in [0.25, 0.3) is 5.82 Å². The van der Waals surface area contributed by atoms with Crippen LogP contribution >= 0.6 is 0 Å². The highest BCUT2D eigenvalue weighted by Crippen LogP contribution is 2.37. The molecule has 0 aromatic carbocycles. The molecule has 7 heteroatoms. The Morgan fingerprint density at radius 3 is 2.43 bits per heavy atom. The monoisotopic (exact) mass is 208 g/mol. The number of hydrogen-bond donors (Lipinski definition) is 1. The smallest absolute Gasteiger partial charge is 0.393 e. The number of hydrogen-bond acceptors (Lipinski definition) is 4. The Kier molecular flexibility index (Phi) is 1.99. The molecule has 0 spiro atoms. The van der Waals surface area contributed by atoms with Gasteiger partial charge < -0.3 is 9.63 Å². The van der Waals surface area contributed by atoms with Crippen molar-refractivity contribution in [1.82, 2.24) is 10.1 Å². The molecule has 14 heavy (non-hydrogen) atoms. The number of nitrogens with zero attached hydrogens (tertiary/aromatic N) is 2. The van der Waals surface area contributed by atoms with Crippen LogP contribution in [0, 0.1) is 0 Å². The van der Waals surface area contributed by atoms with Gasteiger partial charge >= 0.3 is 6.18 Å². The lowest BCUT2D eigenvalue weighted by Gasteiger charge is -2.27. The minimum atomic E-state index is -4.57. The quantitative estimate of drug-likeness (QED) is 0.756. The average molecular weight is 208 g/mol. The normalized spacial score (nSPS) is 27.4. The topological polar surface area (TPSA) is 59.2 Å². The zero-order chi connectivity index (χ0) is 10.3. The molecule has 1 aliphatic carbocycles. The predicted molar refractivity (Wildman–Crippen MR) is 37.3 cm³/mol. The van der Waals surface area contributed by atoms with Gasteiger partial charge in [0.1, 0.15) is 0 Å². The second-order valence-corrected chi connectivity index (χ2v) is 3.28. The number of alkyl halides is 3. The molecule has 4 nitrogen and oxygen atoms in total. The highest BCUT2D eigenvalue weighted by Gasteiger charge is 2.40. The largest absolute Gasteiger partial charge is 0.455 e. The van der Waals surface area contributed by atoms with Crippen molar-refractivity contribution >= 4 is 0 Å². The third kappa shape index (κ3) is 1.59. The second kappa shape index (κ2) is 2.94. The molecule has 1 fully saturated rings. The molecule has 78 valence electrons. The Morgan fingerprint density at radius 2 is 2.00 bits per heavy atom. The van der Waals surface area contributed by atoms with Crippen LogP contribution in [0.2, 0.25) is 0 Å². The fraction of sp³-hybridized carbons (Fsp3) is 0.714. The Hall–Kier alpha value is -1.11. The van der Waals surface area contributed by atoms with E-state index in [0.717, 1.165) is 0 Å². The number of aromatic nitrogens is 2. The van der Waals surface area contributed by atoms with Crippen LogP contribution < -0.4 is 0 Å². The van der Waals surface area contributed by atoms with Gasteiger partial charge in [0.15, 0.2) is 0 Å². The summed E-state index contributed by atoms with van der Waals surface area (Å²) >= 11 is 0. The van der Waals surface area contributed by atoms with Crippen LogP contribution in [0.15, 0.2) is 4.52 Å². The summed E-state index contributed by atoms with van der Waals surface area (Å²) in [5.41, 5.74) is 0. The number of aliphatic hydroxyl groups is 1. The van der Waals surface area contributed by atoms with Gasteiger partial charge in [-0.2, -0.15) is 18.2 Å². The van der Waals surface area contributed by atoms with Crippen LogP contribution in [-0.2, 0) is 6.18 Å². The van der Waals surface area contributed by atoms with Gasteiger partial charge in [-0.05, 0) is 12.8 Å². The van der Waals surface area contributed by atoms with E-state index in [4.69, 9.17) is 5.11 Å². The molecule has 1 N–H and O–H groups in total. The first-order chi connectivity index (χ1) is 6.47.